The number of piperidine rings is 1. The van der Waals surface area contributed by atoms with E-state index in [1.165, 1.54) is 0 Å². The second kappa shape index (κ2) is 6.66. The number of nitrogen functional groups attached to an aromatic ring is 1. The highest BCUT2D eigenvalue weighted by atomic mass is 19.1. The number of nitrogens with one attached hydrogen (secondary N) is 1. The van der Waals surface area contributed by atoms with E-state index in [1.54, 1.807) is 12.1 Å². The number of anilines is 2. The van der Waals surface area contributed by atoms with Gasteiger partial charge in [0.1, 0.15) is 11.6 Å². The van der Waals surface area contributed by atoms with Gasteiger partial charge < -0.3 is 21.1 Å². The van der Waals surface area contributed by atoms with Gasteiger partial charge >= 0.3 is 0 Å². The van der Waals surface area contributed by atoms with Gasteiger partial charge in [-0.1, -0.05) is 39.0 Å². The SMILES string of the molecule is CC(C)(C)CN1CC2(CCNCC2)c2c(F)c(-c3ccccc3N)cc(O)c21. The van der Waals surface area contributed by atoms with E-state index in [9.17, 15) is 5.11 Å². The van der Waals surface area contributed by atoms with Crippen molar-refractivity contribution in [2.24, 2.45) is 5.41 Å². The molecule has 2 heterocycles. The van der Waals surface area contributed by atoms with Crippen LogP contribution in [-0.2, 0) is 5.41 Å². The average Bonchev–Trinajstić information content (AvgIpc) is 2.91. The fourth-order valence-corrected chi connectivity index (χ4v) is 4.92. The number of phenols is 1. The maximum absolute atomic E-state index is 16.0. The van der Waals surface area contributed by atoms with Crippen LogP contribution in [0.2, 0.25) is 0 Å². The highest BCUT2D eigenvalue weighted by Crippen LogP contribution is 2.53. The Morgan fingerprint density at radius 1 is 1.18 bits per heavy atom. The molecule has 2 aliphatic rings. The molecule has 4 N–H and O–H groups in total. The summed E-state index contributed by atoms with van der Waals surface area (Å²) in [6.45, 7) is 9.77. The minimum atomic E-state index is -0.271. The molecule has 0 atom stereocenters. The third-order valence-electron chi connectivity index (χ3n) is 6.03. The van der Waals surface area contributed by atoms with Crippen molar-refractivity contribution in [3.05, 3.63) is 41.7 Å². The summed E-state index contributed by atoms with van der Waals surface area (Å²) in [4.78, 5) is 2.19. The second-order valence-electron chi connectivity index (χ2n) is 9.52. The van der Waals surface area contributed by atoms with Crippen molar-refractivity contribution in [3.8, 4) is 16.9 Å². The molecular formula is C23H30FN3O. The molecule has 1 spiro atoms. The Kier molecular flexibility index (Phi) is 4.53. The molecule has 2 aliphatic heterocycles. The summed E-state index contributed by atoms with van der Waals surface area (Å²) < 4.78 is 16.0. The lowest BCUT2D eigenvalue weighted by Gasteiger charge is -2.36. The lowest BCUT2D eigenvalue weighted by atomic mass is 9.73. The van der Waals surface area contributed by atoms with E-state index in [1.807, 2.05) is 18.2 Å². The van der Waals surface area contributed by atoms with E-state index in [4.69, 9.17) is 5.73 Å². The molecule has 1 fully saturated rings. The quantitative estimate of drug-likeness (QED) is 0.678. The first-order valence-corrected chi connectivity index (χ1v) is 10.1. The number of phenolic OH excluding ortho intramolecular Hbond substituents is 1. The molecule has 2 aromatic carbocycles. The van der Waals surface area contributed by atoms with Crippen LogP contribution in [0.15, 0.2) is 30.3 Å². The van der Waals surface area contributed by atoms with E-state index in [2.05, 4.69) is 31.0 Å². The van der Waals surface area contributed by atoms with Crippen molar-refractivity contribution in [2.45, 2.75) is 39.0 Å². The van der Waals surface area contributed by atoms with Gasteiger partial charge in [0, 0.05) is 40.9 Å². The zero-order chi connectivity index (χ0) is 20.1. The maximum Gasteiger partial charge on any atom is 0.140 e. The Morgan fingerprint density at radius 2 is 1.86 bits per heavy atom. The zero-order valence-corrected chi connectivity index (χ0v) is 17.0. The van der Waals surface area contributed by atoms with Crippen molar-refractivity contribution in [1.82, 2.24) is 5.32 Å². The largest absolute Gasteiger partial charge is 0.506 e. The second-order valence-corrected chi connectivity index (χ2v) is 9.52. The van der Waals surface area contributed by atoms with Crippen molar-refractivity contribution in [1.29, 1.82) is 0 Å². The summed E-state index contributed by atoms with van der Waals surface area (Å²) in [5.74, 6) is -0.0849. The molecule has 4 rings (SSSR count). The molecule has 0 aromatic heterocycles. The molecular weight excluding hydrogens is 353 g/mol. The first kappa shape index (κ1) is 19.1. The Bertz CT molecular complexity index is 897. The lowest BCUT2D eigenvalue weighted by molar-refractivity contribution is 0.308. The summed E-state index contributed by atoms with van der Waals surface area (Å²) in [6.07, 6.45) is 1.73. The highest BCUT2D eigenvalue weighted by Gasteiger charge is 2.48. The van der Waals surface area contributed by atoms with Crippen LogP contribution < -0.4 is 16.0 Å². The third-order valence-corrected chi connectivity index (χ3v) is 6.03. The topological polar surface area (TPSA) is 61.5 Å². The summed E-state index contributed by atoms with van der Waals surface area (Å²) in [5.41, 5.74) is 8.80. The van der Waals surface area contributed by atoms with Crippen molar-refractivity contribution in [3.63, 3.8) is 0 Å². The van der Waals surface area contributed by atoms with Crippen molar-refractivity contribution < 1.29 is 9.50 Å². The van der Waals surface area contributed by atoms with Crippen LogP contribution in [0.5, 0.6) is 5.75 Å². The fourth-order valence-electron chi connectivity index (χ4n) is 4.92. The van der Waals surface area contributed by atoms with Gasteiger partial charge in [-0.05, 0) is 43.5 Å². The summed E-state index contributed by atoms with van der Waals surface area (Å²) in [7, 11) is 0. The first-order valence-electron chi connectivity index (χ1n) is 10.1. The normalized spacial score (nSPS) is 18.5. The van der Waals surface area contributed by atoms with Crippen LogP contribution in [0.25, 0.3) is 11.1 Å². The monoisotopic (exact) mass is 383 g/mol. The molecule has 150 valence electrons. The minimum absolute atomic E-state index is 0.0428. The number of nitrogens with zero attached hydrogens (tertiary/aromatic N) is 1. The number of para-hydroxylation sites is 1. The number of rotatable bonds is 2. The molecule has 0 radical (unpaired) electrons. The standard InChI is InChI=1S/C23H30FN3O/c1-22(2,3)13-27-14-23(8-10-26-11-9-23)19-20(24)16(12-18(28)21(19)27)15-6-4-5-7-17(15)25/h4-7,12,26,28H,8-11,13-14,25H2,1-3H3. The van der Waals surface area contributed by atoms with Gasteiger partial charge in [0.15, 0.2) is 0 Å². The number of nitrogens with two attached hydrogens (primary N) is 1. The number of fused-ring (bicyclic) bond motifs is 2. The van der Waals surface area contributed by atoms with Crippen LogP contribution in [0.4, 0.5) is 15.8 Å². The van der Waals surface area contributed by atoms with Gasteiger partial charge in [-0.15, -0.1) is 0 Å². The predicted molar refractivity (Wildman–Crippen MR) is 113 cm³/mol. The molecule has 0 saturated carbocycles. The summed E-state index contributed by atoms with van der Waals surface area (Å²) >= 11 is 0. The van der Waals surface area contributed by atoms with Gasteiger partial charge in [0.05, 0.1) is 5.69 Å². The van der Waals surface area contributed by atoms with E-state index < -0.39 is 0 Å². The van der Waals surface area contributed by atoms with Gasteiger partial charge in [-0.25, -0.2) is 4.39 Å². The van der Waals surface area contributed by atoms with E-state index in [-0.39, 0.29) is 22.4 Å². The van der Waals surface area contributed by atoms with Crippen LogP contribution in [0.1, 0.15) is 39.2 Å². The summed E-state index contributed by atoms with van der Waals surface area (Å²) in [5, 5.41) is 14.4. The van der Waals surface area contributed by atoms with Crippen LogP contribution in [-0.4, -0.2) is 31.3 Å². The Labute approximate surface area is 166 Å². The van der Waals surface area contributed by atoms with Gasteiger partial charge in [0.25, 0.3) is 0 Å². The molecule has 4 nitrogen and oxygen atoms in total. The third kappa shape index (κ3) is 3.12. The van der Waals surface area contributed by atoms with Crippen LogP contribution in [0, 0.1) is 11.2 Å². The van der Waals surface area contributed by atoms with Gasteiger partial charge in [0.2, 0.25) is 0 Å². The lowest BCUT2D eigenvalue weighted by Crippen LogP contribution is -2.44. The smallest absolute Gasteiger partial charge is 0.140 e. The first-order chi connectivity index (χ1) is 13.2. The number of aromatic hydroxyl groups is 1. The predicted octanol–water partition coefficient (Wildman–Crippen LogP) is 4.27. The molecule has 0 bridgehead atoms. The van der Waals surface area contributed by atoms with Crippen LogP contribution in [0.3, 0.4) is 0 Å². The van der Waals surface area contributed by atoms with Gasteiger partial charge in [-0.3, -0.25) is 0 Å². The average molecular weight is 384 g/mol. The molecule has 0 amide bonds. The number of hydrogen-bond acceptors (Lipinski definition) is 4. The van der Waals surface area contributed by atoms with Crippen LogP contribution >= 0.6 is 0 Å². The Morgan fingerprint density at radius 3 is 2.50 bits per heavy atom. The molecule has 28 heavy (non-hydrogen) atoms. The van der Waals surface area contributed by atoms with E-state index in [0.29, 0.717) is 28.1 Å². The molecule has 5 heteroatoms. The zero-order valence-electron chi connectivity index (χ0n) is 17.0. The fraction of sp³-hybridized carbons (Fsp3) is 0.478. The molecule has 0 aliphatic carbocycles. The Hall–Kier alpha value is -2.27. The Balaban J connectivity index is 1.93. The summed E-state index contributed by atoms with van der Waals surface area (Å²) in [6, 6.07) is 8.82. The molecule has 0 unspecified atom stereocenters. The van der Waals surface area contributed by atoms with Crippen molar-refractivity contribution in [2.75, 3.05) is 36.8 Å². The number of benzene rings is 2. The minimum Gasteiger partial charge on any atom is -0.506 e. The number of halogens is 1. The maximum atomic E-state index is 16.0. The van der Waals surface area contributed by atoms with E-state index in [0.717, 1.165) is 39.0 Å². The highest BCUT2D eigenvalue weighted by molar-refractivity contribution is 5.83. The van der Waals surface area contributed by atoms with E-state index >= 15 is 4.39 Å². The van der Waals surface area contributed by atoms with Gasteiger partial charge in [-0.2, -0.15) is 0 Å². The molecule has 1 saturated heterocycles. The number of hydrogen-bond donors (Lipinski definition) is 3. The molecule has 2 aromatic rings. The van der Waals surface area contributed by atoms with Crippen molar-refractivity contribution >= 4 is 11.4 Å².